The number of benzene rings is 2. The highest BCUT2D eigenvalue weighted by atomic mass is 16.5. The molecular formula is C26H32O4. The van der Waals surface area contributed by atoms with Gasteiger partial charge in [0.1, 0.15) is 0 Å². The molecular weight excluding hydrogens is 376 g/mol. The Balaban J connectivity index is 2.46. The van der Waals surface area contributed by atoms with Gasteiger partial charge in [-0.15, -0.1) is 0 Å². The Morgan fingerprint density at radius 1 is 0.633 bits per heavy atom. The molecule has 0 amide bonds. The quantitative estimate of drug-likeness (QED) is 0.402. The van der Waals surface area contributed by atoms with Gasteiger partial charge in [-0.1, -0.05) is 88.4 Å². The van der Waals surface area contributed by atoms with Crippen LogP contribution in [-0.4, -0.2) is 25.2 Å². The molecule has 0 unspecified atom stereocenters. The Hall–Kier alpha value is -2.88. The fourth-order valence-corrected chi connectivity index (χ4v) is 2.86. The van der Waals surface area contributed by atoms with Gasteiger partial charge in [-0.2, -0.15) is 0 Å². The highest BCUT2D eigenvalue weighted by Crippen LogP contribution is 2.21. The lowest BCUT2D eigenvalue weighted by Crippen LogP contribution is -2.22. The van der Waals surface area contributed by atoms with Crippen molar-refractivity contribution in [1.82, 2.24) is 0 Å². The van der Waals surface area contributed by atoms with Crippen molar-refractivity contribution >= 4 is 11.9 Å². The maximum absolute atomic E-state index is 13.0. The maximum Gasteiger partial charge on any atom is 0.334 e. The van der Waals surface area contributed by atoms with Gasteiger partial charge in [0.05, 0.1) is 24.4 Å². The molecule has 0 radical (unpaired) electrons. The van der Waals surface area contributed by atoms with E-state index in [1.165, 1.54) is 0 Å². The van der Waals surface area contributed by atoms with Crippen LogP contribution in [0.15, 0.2) is 71.8 Å². The number of ether oxygens (including phenoxy) is 2. The average molecular weight is 409 g/mol. The third kappa shape index (κ3) is 7.86. The summed E-state index contributed by atoms with van der Waals surface area (Å²) in [4.78, 5) is 26.1. The maximum atomic E-state index is 13.0. The molecule has 0 aliphatic heterocycles. The van der Waals surface area contributed by atoms with E-state index in [2.05, 4.69) is 0 Å². The van der Waals surface area contributed by atoms with Crippen LogP contribution in [0.2, 0.25) is 0 Å². The van der Waals surface area contributed by atoms with Crippen molar-refractivity contribution < 1.29 is 19.1 Å². The Labute approximate surface area is 179 Å². The number of hydrogen-bond acceptors (Lipinski definition) is 4. The molecule has 0 saturated carbocycles. The van der Waals surface area contributed by atoms with Gasteiger partial charge in [0.15, 0.2) is 0 Å². The third-order valence-corrected chi connectivity index (χ3v) is 4.40. The van der Waals surface area contributed by atoms with Crippen LogP contribution in [-0.2, 0) is 31.9 Å². The number of esters is 2. The molecule has 0 aromatic heterocycles. The summed E-state index contributed by atoms with van der Waals surface area (Å²) in [5.74, 6) is -0.505. The van der Waals surface area contributed by atoms with Crippen molar-refractivity contribution in [1.29, 1.82) is 0 Å². The van der Waals surface area contributed by atoms with Crippen LogP contribution in [0, 0.1) is 11.8 Å². The summed E-state index contributed by atoms with van der Waals surface area (Å²) < 4.78 is 11.1. The van der Waals surface area contributed by atoms with Gasteiger partial charge in [-0.05, 0) is 23.0 Å². The number of rotatable bonds is 10. The molecule has 0 aliphatic carbocycles. The van der Waals surface area contributed by atoms with Crippen molar-refractivity contribution in [2.45, 2.75) is 40.5 Å². The molecule has 4 heteroatoms. The minimum absolute atomic E-state index is 0.206. The van der Waals surface area contributed by atoms with Crippen LogP contribution in [0.4, 0.5) is 0 Å². The van der Waals surface area contributed by atoms with E-state index in [1.54, 1.807) is 0 Å². The Morgan fingerprint density at radius 2 is 0.967 bits per heavy atom. The van der Waals surface area contributed by atoms with E-state index in [4.69, 9.17) is 9.47 Å². The summed E-state index contributed by atoms with van der Waals surface area (Å²) in [6, 6.07) is 19.3. The molecule has 0 N–H and O–H groups in total. The van der Waals surface area contributed by atoms with Crippen LogP contribution < -0.4 is 0 Å². The minimum Gasteiger partial charge on any atom is -0.462 e. The van der Waals surface area contributed by atoms with Crippen molar-refractivity contribution in [3.8, 4) is 0 Å². The number of carbonyl (C=O) groups is 2. The second-order valence-corrected chi connectivity index (χ2v) is 8.27. The summed E-state index contributed by atoms with van der Waals surface area (Å²) in [5.41, 5.74) is 2.60. The van der Waals surface area contributed by atoms with Gasteiger partial charge in [0.2, 0.25) is 0 Å². The smallest absolute Gasteiger partial charge is 0.334 e. The van der Waals surface area contributed by atoms with Crippen molar-refractivity contribution in [3.63, 3.8) is 0 Å². The Kier molecular flexibility index (Phi) is 9.33. The van der Waals surface area contributed by atoms with Gasteiger partial charge >= 0.3 is 11.9 Å². The monoisotopic (exact) mass is 408 g/mol. The molecule has 2 aromatic carbocycles. The van der Waals surface area contributed by atoms with Crippen molar-refractivity contribution in [2.24, 2.45) is 11.8 Å². The summed E-state index contributed by atoms with van der Waals surface area (Å²) in [6.07, 6.45) is 0.632. The molecule has 2 aromatic rings. The molecule has 160 valence electrons. The minimum atomic E-state index is -0.458. The SMILES string of the molecule is CC(C)COC(=O)/C(Cc1ccccc1)=C(/Cc1ccccc1)C(=O)OCC(C)C. The standard InChI is InChI=1S/C26H32O4/c1-19(2)17-29-25(27)23(15-21-11-7-5-8-12-21)24(26(28)30-18-20(3)4)16-22-13-9-6-10-14-22/h5-14,19-20H,15-18H2,1-4H3/b24-23-. The van der Waals surface area contributed by atoms with E-state index in [0.29, 0.717) is 37.2 Å². The zero-order chi connectivity index (χ0) is 21.9. The summed E-state index contributed by atoms with van der Waals surface area (Å²) in [7, 11) is 0. The predicted molar refractivity (Wildman–Crippen MR) is 119 cm³/mol. The largest absolute Gasteiger partial charge is 0.462 e. The van der Waals surface area contributed by atoms with Crippen LogP contribution >= 0.6 is 0 Å². The second-order valence-electron chi connectivity index (χ2n) is 8.27. The topological polar surface area (TPSA) is 52.6 Å². The van der Waals surface area contributed by atoms with Crippen molar-refractivity contribution in [3.05, 3.63) is 82.9 Å². The molecule has 4 nitrogen and oxygen atoms in total. The Morgan fingerprint density at radius 3 is 1.27 bits per heavy atom. The van der Waals surface area contributed by atoms with Gasteiger partial charge in [0, 0.05) is 12.8 Å². The van der Waals surface area contributed by atoms with Crippen LogP contribution in [0.3, 0.4) is 0 Å². The highest BCUT2D eigenvalue weighted by molar-refractivity contribution is 6.01. The van der Waals surface area contributed by atoms with Gasteiger partial charge in [-0.3, -0.25) is 0 Å². The molecule has 0 bridgehead atoms. The highest BCUT2D eigenvalue weighted by Gasteiger charge is 2.24. The molecule has 0 aliphatic rings. The third-order valence-electron chi connectivity index (χ3n) is 4.40. The summed E-state index contributed by atoms with van der Waals surface area (Å²) in [5, 5.41) is 0. The molecule has 30 heavy (non-hydrogen) atoms. The fourth-order valence-electron chi connectivity index (χ4n) is 2.86. The Bertz CT molecular complexity index is 764. The normalized spacial score (nSPS) is 11.9. The van der Waals surface area contributed by atoms with E-state index >= 15 is 0 Å². The van der Waals surface area contributed by atoms with Gasteiger partial charge in [0.25, 0.3) is 0 Å². The molecule has 0 saturated heterocycles. The van der Waals surface area contributed by atoms with Crippen LogP contribution in [0.25, 0.3) is 0 Å². The van der Waals surface area contributed by atoms with Gasteiger partial charge < -0.3 is 9.47 Å². The van der Waals surface area contributed by atoms with E-state index in [9.17, 15) is 9.59 Å². The zero-order valence-corrected chi connectivity index (χ0v) is 18.4. The first-order chi connectivity index (χ1) is 14.4. The van der Waals surface area contributed by atoms with E-state index in [1.807, 2.05) is 88.4 Å². The summed E-state index contributed by atoms with van der Waals surface area (Å²) in [6.45, 7) is 8.53. The van der Waals surface area contributed by atoms with Crippen molar-refractivity contribution in [2.75, 3.05) is 13.2 Å². The first-order valence-electron chi connectivity index (χ1n) is 10.5. The summed E-state index contributed by atoms with van der Waals surface area (Å²) >= 11 is 0. The molecule has 0 atom stereocenters. The van der Waals surface area contributed by atoms with Crippen LogP contribution in [0.1, 0.15) is 38.8 Å². The number of hydrogen-bond donors (Lipinski definition) is 0. The average Bonchev–Trinajstić information content (AvgIpc) is 2.74. The zero-order valence-electron chi connectivity index (χ0n) is 18.4. The second kappa shape index (κ2) is 12.0. The predicted octanol–water partition coefficient (Wildman–Crippen LogP) is 5.17. The fraction of sp³-hybridized carbons (Fsp3) is 0.385. The van der Waals surface area contributed by atoms with Gasteiger partial charge in [-0.25, -0.2) is 9.59 Å². The lowest BCUT2D eigenvalue weighted by Gasteiger charge is -2.16. The van der Waals surface area contributed by atoms with Crippen LogP contribution in [0.5, 0.6) is 0 Å². The lowest BCUT2D eigenvalue weighted by molar-refractivity contribution is -0.143. The van der Waals surface area contributed by atoms with E-state index in [0.717, 1.165) is 11.1 Å². The van der Waals surface area contributed by atoms with E-state index < -0.39 is 11.9 Å². The van der Waals surface area contributed by atoms with E-state index in [-0.39, 0.29) is 11.8 Å². The lowest BCUT2D eigenvalue weighted by atomic mass is 9.95. The molecule has 2 rings (SSSR count). The number of carbonyl (C=O) groups excluding carboxylic acids is 2. The molecule has 0 spiro atoms. The molecule has 0 fully saturated rings. The molecule has 0 heterocycles. The first kappa shape index (κ1) is 23.4. The first-order valence-corrected chi connectivity index (χ1v) is 10.5.